The Labute approximate surface area is 124 Å². The molecule has 1 fully saturated rings. The highest BCUT2D eigenvalue weighted by atomic mass is 19.4. The third kappa shape index (κ3) is 3.24. The maximum Gasteiger partial charge on any atom is 0.416 e. The van der Waals surface area contributed by atoms with Gasteiger partial charge in [0.1, 0.15) is 5.82 Å². The molecule has 0 spiro atoms. The summed E-state index contributed by atoms with van der Waals surface area (Å²) in [5.74, 6) is 0.667. The van der Waals surface area contributed by atoms with Gasteiger partial charge in [-0.15, -0.1) is 0 Å². The zero-order chi connectivity index (χ0) is 15.7. The topological polar surface area (TPSA) is 54.9 Å². The van der Waals surface area contributed by atoms with Gasteiger partial charge in [-0.3, -0.25) is 4.79 Å². The number of carbonyl (C=O) groups is 1. The van der Waals surface area contributed by atoms with Crippen molar-refractivity contribution in [3.05, 3.63) is 53.6 Å². The minimum absolute atomic E-state index is 0.268. The van der Waals surface area contributed by atoms with E-state index in [0.717, 1.165) is 30.8 Å². The van der Waals surface area contributed by atoms with Gasteiger partial charge in [0, 0.05) is 24.0 Å². The Hall–Kier alpha value is -2.44. The van der Waals surface area contributed by atoms with Crippen LogP contribution in [0.5, 0.6) is 0 Å². The van der Waals surface area contributed by atoms with Crippen molar-refractivity contribution in [3.63, 3.8) is 0 Å². The van der Waals surface area contributed by atoms with E-state index in [1.807, 2.05) is 0 Å². The summed E-state index contributed by atoms with van der Waals surface area (Å²) in [4.78, 5) is 20.2. The molecule has 4 nitrogen and oxygen atoms in total. The zero-order valence-corrected chi connectivity index (χ0v) is 11.4. The molecular formula is C15H12F3N3O. The third-order valence-electron chi connectivity index (χ3n) is 3.35. The predicted molar refractivity (Wildman–Crippen MR) is 73.4 cm³/mol. The molecule has 1 aliphatic carbocycles. The van der Waals surface area contributed by atoms with Crippen LogP contribution in [0.1, 0.15) is 40.5 Å². The van der Waals surface area contributed by atoms with Gasteiger partial charge in [0.2, 0.25) is 0 Å². The number of hydrogen-bond donors (Lipinski definition) is 1. The van der Waals surface area contributed by atoms with Crippen molar-refractivity contribution < 1.29 is 18.0 Å². The van der Waals surface area contributed by atoms with Crippen LogP contribution in [0.3, 0.4) is 0 Å². The first kappa shape index (κ1) is 14.5. The predicted octanol–water partition coefficient (Wildman–Crippen LogP) is 3.63. The summed E-state index contributed by atoms with van der Waals surface area (Å²) >= 11 is 0. The molecule has 22 heavy (non-hydrogen) atoms. The highest BCUT2D eigenvalue weighted by molar-refractivity contribution is 6.03. The van der Waals surface area contributed by atoms with E-state index >= 15 is 0 Å². The molecule has 114 valence electrons. The van der Waals surface area contributed by atoms with E-state index in [4.69, 9.17) is 0 Å². The van der Waals surface area contributed by atoms with E-state index < -0.39 is 17.6 Å². The van der Waals surface area contributed by atoms with Gasteiger partial charge in [-0.2, -0.15) is 13.2 Å². The Morgan fingerprint density at radius 1 is 1.09 bits per heavy atom. The maximum atomic E-state index is 12.5. The molecule has 1 aromatic heterocycles. The number of anilines is 1. The summed E-state index contributed by atoms with van der Waals surface area (Å²) < 4.78 is 37.4. The first-order valence-corrected chi connectivity index (χ1v) is 6.74. The van der Waals surface area contributed by atoms with Crippen molar-refractivity contribution in [2.24, 2.45) is 0 Å². The molecule has 7 heteroatoms. The van der Waals surface area contributed by atoms with E-state index in [9.17, 15) is 18.0 Å². The Balaban J connectivity index is 1.68. The smallest absolute Gasteiger partial charge is 0.322 e. The van der Waals surface area contributed by atoms with Crippen molar-refractivity contribution >= 4 is 11.6 Å². The summed E-state index contributed by atoms with van der Waals surface area (Å²) in [6.07, 6.45) is 0.601. The molecule has 1 N–H and O–H groups in total. The van der Waals surface area contributed by atoms with Crippen LogP contribution in [-0.2, 0) is 6.18 Å². The van der Waals surface area contributed by atoms with Gasteiger partial charge in [0.25, 0.3) is 5.91 Å². The molecule has 0 bridgehead atoms. The minimum atomic E-state index is -4.39. The molecule has 0 radical (unpaired) electrons. The summed E-state index contributed by atoms with van der Waals surface area (Å²) in [5.41, 5.74) is -0.212. The summed E-state index contributed by atoms with van der Waals surface area (Å²) in [7, 11) is 0. The standard InChI is InChI=1S/C15H12F3N3O/c16-15(17,18)11-3-5-12(6-4-11)21-14(22)10-7-19-13(20-8-10)9-1-2-9/h3-9H,1-2H2,(H,21,22). The number of hydrogen-bond acceptors (Lipinski definition) is 3. The summed E-state index contributed by atoms with van der Waals surface area (Å²) in [6.45, 7) is 0. The van der Waals surface area contributed by atoms with Gasteiger partial charge in [0.05, 0.1) is 11.1 Å². The molecule has 1 aliphatic rings. The number of benzene rings is 1. The largest absolute Gasteiger partial charge is 0.416 e. The van der Waals surface area contributed by atoms with Gasteiger partial charge >= 0.3 is 6.18 Å². The van der Waals surface area contributed by atoms with Gasteiger partial charge < -0.3 is 5.32 Å². The lowest BCUT2D eigenvalue weighted by Crippen LogP contribution is -2.13. The third-order valence-corrected chi connectivity index (χ3v) is 3.35. The second kappa shape index (κ2) is 5.40. The van der Waals surface area contributed by atoms with Crippen LogP contribution in [0, 0.1) is 0 Å². The molecular weight excluding hydrogens is 295 g/mol. The molecule has 1 saturated carbocycles. The first-order chi connectivity index (χ1) is 10.4. The normalized spacial score (nSPS) is 14.7. The zero-order valence-electron chi connectivity index (χ0n) is 11.4. The van der Waals surface area contributed by atoms with Crippen LogP contribution in [-0.4, -0.2) is 15.9 Å². The summed E-state index contributed by atoms with van der Waals surface area (Å²) in [6, 6.07) is 4.25. The molecule has 1 amide bonds. The number of aromatic nitrogens is 2. The lowest BCUT2D eigenvalue weighted by atomic mass is 10.2. The molecule has 0 atom stereocenters. The molecule has 2 aromatic rings. The lowest BCUT2D eigenvalue weighted by Gasteiger charge is -2.08. The van der Waals surface area contributed by atoms with Crippen molar-refractivity contribution in [1.29, 1.82) is 0 Å². The van der Waals surface area contributed by atoms with E-state index in [1.54, 1.807) is 0 Å². The SMILES string of the molecule is O=C(Nc1ccc(C(F)(F)F)cc1)c1cnc(C2CC2)nc1. The maximum absolute atomic E-state index is 12.5. The minimum Gasteiger partial charge on any atom is -0.322 e. The van der Waals surface area contributed by atoms with Gasteiger partial charge in [-0.1, -0.05) is 0 Å². The van der Waals surface area contributed by atoms with Crippen molar-refractivity contribution in [1.82, 2.24) is 9.97 Å². The number of nitrogens with zero attached hydrogens (tertiary/aromatic N) is 2. The number of halogens is 3. The van der Waals surface area contributed by atoms with E-state index in [1.165, 1.54) is 24.5 Å². The number of alkyl halides is 3. The monoisotopic (exact) mass is 307 g/mol. The van der Waals surface area contributed by atoms with Crippen LogP contribution < -0.4 is 5.32 Å². The second-order valence-corrected chi connectivity index (χ2v) is 5.13. The van der Waals surface area contributed by atoms with E-state index in [-0.39, 0.29) is 11.3 Å². The second-order valence-electron chi connectivity index (χ2n) is 5.13. The fourth-order valence-corrected chi connectivity index (χ4v) is 1.95. The molecule has 1 aromatic carbocycles. The summed E-state index contributed by atoms with van der Waals surface area (Å²) in [5, 5.41) is 2.51. The van der Waals surface area contributed by atoms with Crippen LogP contribution in [0.2, 0.25) is 0 Å². The molecule has 3 rings (SSSR count). The number of nitrogens with one attached hydrogen (secondary N) is 1. The lowest BCUT2D eigenvalue weighted by molar-refractivity contribution is -0.137. The molecule has 1 heterocycles. The van der Waals surface area contributed by atoms with Gasteiger partial charge in [-0.05, 0) is 37.1 Å². The fraction of sp³-hybridized carbons (Fsp3) is 0.267. The van der Waals surface area contributed by atoms with Crippen LogP contribution in [0.4, 0.5) is 18.9 Å². The molecule has 0 aliphatic heterocycles. The van der Waals surface area contributed by atoms with Crippen LogP contribution in [0.25, 0.3) is 0 Å². The Kier molecular flexibility index (Phi) is 3.56. The number of amides is 1. The number of rotatable bonds is 3. The first-order valence-electron chi connectivity index (χ1n) is 6.74. The van der Waals surface area contributed by atoms with E-state index in [0.29, 0.717) is 5.92 Å². The van der Waals surface area contributed by atoms with Crippen molar-refractivity contribution in [2.75, 3.05) is 5.32 Å². The molecule has 0 saturated heterocycles. The van der Waals surface area contributed by atoms with Gasteiger partial charge in [0.15, 0.2) is 0 Å². The van der Waals surface area contributed by atoms with E-state index in [2.05, 4.69) is 15.3 Å². The fourth-order valence-electron chi connectivity index (χ4n) is 1.95. The quantitative estimate of drug-likeness (QED) is 0.942. The highest BCUT2D eigenvalue weighted by Gasteiger charge is 2.30. The Bertz CT molecular complexity index is 677. The number of carbonyl (C=O) groups excluding carboxylic acids is 1. The average molecular weight is 307 g/mol. The highest BCUT2D eigenvalue weighted by Crippen LogP contribution is 2.37. The Morgan fingerprint density at radius 3 is 2.18 bits per heavy atom. The van der Waals surface area contributed by atoms with Crippen molar-refractivity contribution in [3.8, 4) is 0 Å². The Morgan fingerprint density at radius 2 is 1.68 bits per heavy atom. The average Bonchev–Trinajstić information content (AvgIpc) is 3.32. The van der Waals surface area contributed by atoms with Gasteiger partial charge in [-0.25, -0.2) is 9.97 Å². The molecule has 0 unspecified atom stereocenters. The van der Waals surface area contributed by atoms with Crippen LogP contribution in [0.15, 0.2) is 36.7 Å². The van der Waals surface area contributed by atoms with Crippen LogP contribution >= 0.6 is 0 Å². The van der Waals surface area contributed by atoms with Crippen molar-refractivity contribution in [2.45, 2.75) is 24.9 Å².